The molecule has 0 saturated carbocycles. The molecule has 7 heteroatoms. The zero-order valence-electron chi connectivity index (χ0n) is 16.3. The topological polar surface area (TPSA) is 52.6 Å². The van der Waals surface area contributed by atoms with Gasteiger partial charge in [-0.1, -0.05) is 34.1 Å². The van der Waals surface area contributed by atoms with E-state index in [2.05, 4.69) is 71.8 Å². The molecule has 1 aliphatic rings. The van der Waals surface area contributed by atoms with Crippen molar-refractivity contribution in [1.82, 2.24) is 20.5 Å². The Balaban J connectivity index is 0.00000280. The van der Waals surface area contributed by atoms with Crippen LogP contribution in [0.3, 0.4) is 0 Å². The van der Waals surface area contributed by atoms with Crippen LogP contribution in [0.5, 0.6) is 0 Å². The first-order chi connectivity index (χ1) is 13.2. The van der Waals surface area contributed by atoms with Crippen LogP contribution >= 0.6 is 39.9 Å². The van der Waals surface area contributed by atoms with Gasteiger partial charge in [-0.05, 0) is 48.6 Å². The fraction of sp³-hybridized carbons (Fsp3) is 0.429. The Morgan fingerprint density at radius 2 is 1.93 bits per heavy atom. The molecule has 1 aliphatic heterocycles. The summed E-state index contributed by atoms with van der Waals surface area (Å²) in [6.45, 7) is 4.10. The SMILES string of the molecule is CN=C(NCCc1cccnc1)NC1CCN(Cc2ccc(Br)cc2)CC1.I. The van der Waals surface area contributed by atoms with Gasteiger partial charge < -0.3 is 10.6 Å². The first-order valence-corrected chi connectivity index (χ1v) is 10.3. The van der Waals surface area contributed by atoms with Gasteiger partial charge in [-0.2, -0.15) is 0 Å². The number of likely N-dealkylation sites (tertiary alicyclic amines) is 1. The molecule has 3 rings (SSSR count). The zero-order chi connectivity index (χ0) is 18.9. The third kappa shape index (κ3) is 7.67. The quantitative estimate of drug-likeness (QED) is 0.322. The maximum Gasteiger partial charge on any atom is 0.191 e. The fourth-order valence-corrected chi connectivity index (χ4v) is 3.61. The van der Waals surface area contributed by atoms with Crippen LogP contribution < -0.4 is 10.6 Å². The highest BCUT2D eigenvalue weighted by Gasteiger charge is 2.20. The predicted molar refractivity (Wildman–Crippen MR) is 130 cm³/mol. The van der Waals surface area contributed by atoms with Gasteiger partial charge in [0.05, 0.1) is 0 Å². The summed E-state index contributed by atoms with van der Waals surface area (Å²) in [5, 5.41) is 6.99. The monoisotopic (exact) mass is 557 g/mol. The molecule has 5 nitrogen and oxygen atoms in total. The van der Waals surface area contributed by atoms with Crippen LogP contribution in [0.4, 0.5) is 0 Å². The van der Waals surface area contributed by atoms with Crippen molar-refractivity contribution in [3.8, 4) is 0 Å². The average molecular weight is 558 g/mol. The van der Waals surface area contributed by atoms with E-state index in [4.69, 9.17) is 0 Å². The Morgan fingerprint density at radius 1 is 1.18 bits per heavy atom. The largest absolute Gasteiger partial charge is 0.356 e. The summed E-state index contributed by atoms with van der Waals surface area (Å²) < 4.78 is 1.14. The maximum atomic E-state index is 4.37. The van der Waals surface area contributed by atoms with Crippen LogP contribution in [0.1, 0.15) is 24.0 Å². The van der Waals surface area contributed by atoms with Crippen LogP contribution in [-0.2, 0) is 13.0 Å². The molecular formula is C21H29BrIN5. The van der Waals surface area contributed by atoms with E-state index in [1.807, 2.05) is 19.3 Å². The molecule has 1 aromatic heterocycles. The molecule has 0 unspecified atom stereocenters. The number of benzene rings is 1. The van der Waals surface area contributed by atoms with E-state index in [0.29, 0.717) is 6.04 Å². The molecule has 2 N–H and O–H groups in total. The van der Waals surface area contributed by atoms with E-state index in [0.717, 1.165) is 55.9 Å². The number of hydrogen-bond acceptors (Lipinski definition) is 3. The number of nitrogens with zero attached hydrogens (tertiary/aromatic N) is 3. The molecule has 1 aromatic carbocycles. The Bertz CT molecular complexity index is 715. The lowest BCUT2D eigenvalue weighted by Crippen LogP contribution is -2.48. The Labute approximate surface area is 193 Å². The maximum absolute atomic E-state index is 4.37. The van der Waals surface area contributed by atoms with Gasteiger partial charge in [0.2, 0.25) is 0 Å². The number of halogens is 2. The van der Waals surface area contributed by atoms with Crippen LogP contribution in [0.25, 0.3) is 0 Å². The van der Waals surface area contributed by atoms with Crippen molar-refractivity contribution in [2.45, 2.75) is 31.8 Å². The lowest BCUT2D eigenvalue weighted by Gasteiger charge is -2.33. The van der Waals surface area contributed by atoms with Gasteiger partial charge in [0, 0.05) is 56.1 Å². The summed E-state index contributed by atoms with van der Waals surface area (Å²) in [5.74, 6) is 0.894. The number of nitrogens with one attached hydrogen (secondary N) is 2. The highest BCUT2D eigenvalue weighted by atomic mass is 127. The molecule has 28 heavy (non-hydrogen) atoms. The molecule has 1 fully saturated rings. The smallest absolute Gasteiger partial charge is 0.191 e. The zero-order valence-corrected chi connectivity index (χ0v) is 20.2. The lowest BCUT2D eigenvalue weighted by atomic mass is 10.0. The first-order valence-electron chi connectivity index (χ1n) is 9.56. The second kappa shape index (κ2) is 12.4. The third-order valence-corrected chi connectivity index (χ3v) is 5.43. The first kappa shape index (κ1) is 23.1. The summed E-state index contributed by atoms with van der Waals surface area (Å²) in [6.07, 6.45) is 6.94. The molecule has 0 spiro atoms. The Morgan fingerprint density at radius 3 is 2.57 bits per heavy atom. The van der Waals surface area contributed by atoms with Crippen molar-refractivity contribution < 1.29 is 0 Å². The summed E-state index contributed by atoms with van der Waals surface area (Å²) in [6, 6.07) is 13.2. The number of hydrogen-bond donors (Lipinski definition) is 2. The van der Waals surface area contributed by atoms with E-state index in [9.17, 15) is 0 Å². The third-order valence-electron chi connectivity index (χ3n) is 4.90. The molecule has 2 aromatic rings. The van der Waals surface area contributed by atoms with Crippen molar-refractivity contribution in [1.29, 1.82) is 0 Å². The second-order valence-corrected chi connectivity index (χ2v) is 7.85. The van der Waals surface area contributed by atoms with Crippen LogP contribution in [0, 0.1) is 0 Å². The Kier molecular flexibility index (Phi) is 10.2. The minimum absolute atomic E-state index is 0. The van der Waals surface area contributed by atoms with Gasteiger partial charge >= 0.3 is 0 Å². The van der Waals surface area contributed by atoms with E-state index in [-0.39, 0.29) is 24.0 Å². The molecule has 1 saturated heterocycles. The molecule has 2 heterocycles. The molecule has 0 atom stereocenters. The number of aromatic nitrogens is 1. The fourth-order valence-electron chi connectivity index (χ4n) is 3.34. The minimum atomic E-state index is 0. The van der Waals surface area contributed by atoms with E-state index < -0.39 is 0 Å². The number of rotatable bonds is 6. The lowest BCUT2D eigenvalue weighted by molar-refractivity contribution is 0.198. The highest BCUT2D eigenvalue weighted by molar-refractivity contribution is 14.0. The molecule has 0 amide bonds. The van der Waals surface area contributed by atoms with Crippen molar-refractivity contribution in [3.05, 3.63) is 64.4 Å². The van der Waals surface area contributed by atoms with Crippen molar-refractivity contribution in [3.63, 3.8) is 0 Å². The number of piperidine rings is 1. The standard InChI is InChI=1S/C21H28BrN5.HI/c1-23-21(25-12-8-17-3-2-11-24-15-17)26-20-9-13-27(14-10-20)16-18-4-6-19(22)7-5-18;/h2-7,11,15,20H,8-10,12-14,16H2,1H3,(H2,23,25,26);1H. The van der Waals surface area contributed by atoms with E-state index >= 15 is 0 Å². The van der Waals surface area contributed by atoms with Crippen molar-refractivity contribution in [2.75, 3.05) is 26.7 Å². The van der Waals surface area contributed by atoms with Crippen LogP contribution in [0.2, 0.25) is 0 Å². The van der Waals surface area contributed by atoms with Gasteiger partial charge in [0.1, 0.15) is 0 Å². The van der Waals surface area contributed by atoms with Gasteiger partial charge in [-0.15, -0.1) is 24.0 Å². The summed E-state index contributed by atoms with van der Waals surface area (Å²) in [4.78, 5) is 11.1. The van der Waals surface area contributed by atoms with E-state index in [1.165, 1.54) is 11.1 Å². The molecule has 0 bridgehead atoms. The number of pyridine rings is 1. The second-order valence-electron chi connectivity index (χ2n) is 6.93. The number of guanidine groups is 1. The Hall–Kier alpha value is -1.19. The molecule has 0 aliphatic carbocycles. The van der Waals surface area contributed by atoms with Gasteiger partial charge in [0.25, 0.3) is 0 Å². The summed E-state index contributed by atoms with van der Waals surface area (Å²) in [7, 11) is 1.84. The molecule has 152 valence electrons. The summed E-state index contributed by atoms with van der Waals surface area (Å²) in [5.41, 5.74) is 2.61. The van der Waals surface area contributed by atoms with Gasteiger partial charge in [-0.25, -0.2) is 0 Å². The van der Waals surface area contributed by atoms with Crippen LogP contribution in [0.15, 0.2) is 58.3 Å². The average Bonchev–Trinajstić information content (AvgIpc) is 2.71. The molecular weight excluding hydrogens is 529 g/mol. The van der Waals surface area contributed by atoms with Gasteiger partial charge in [-0.3, -0.25) is 14.9 Å². The number of aliphatic imine (C=N–C) groups is 1. The molecule has 0 radical (unpaired) electrons. The normalized spacial score (nSPS) is 15.7. The van der Waals surface area contributed by atoms with Crippen molar-refractivity contribution in [2.24, 2.45) is 4.99 Å². The predicted octanol–water partition coefficient (Wildman–Crippen LogP) is 3.83. The van der Waals surface area contributed by atoms with Crippen LogP contribution in [-0.4, -0.2) is 48.6 Å². The van der Waals surface area contributed by atoms with Crippen molar-refractivity contribution >= 4 is 45.9 Å². The van der Waals surface area contributed by atoms with Gasteiger partial charge in [0.15, 0.2) is 5.96 Å². The highest BCUT2D eigenvalue weighted by Crippen LogP contribution is 2.16. The summed E-state index contributed by atoms with van der Waals surface area (Å²) >= 11 is 3.50. The minimum Gasteiger partial charge on any atom is -0.356 e. The van der Waals surface area contributed by atoms with E-state index in [1.54, 1.807) is 6.20 Å².